The number of carbonyl (C=O) groups is 2. The molecule has 0 radical (unpaired) electrons. The van der Waals surface area contributed by atoms with Crippen LogP contribution >= 0.6 is 11.8 Å². The summed E-state index contributed by atoms with van der Waals surface area (Å²) < 4.78 is 5.17. The van der Waals surface area contributed by atoms with Gasteiger partial charge in [0.2, 0.25) is 5.91 Å². The van der Waals surface area contributed by atoms with Crippen molar-refractivity contribution in [3.63, 3.8) is 0 Å². The zero-order chi connectivity index (χ0) is 18.2. The van der Waals surface area contributed by atoms with Gasteiger partial charge in [-0.1, -0.05) is 18.2 Å². The molecule has 2 aliphatic rings. The lowest BCUT2D eigenvalue weighted by atomic mass is 10.0. The first-order valence-corrected chi connectivity index (χ1v) is 9.69. The lowest BCUT2D eigenvalue weighted by molar-refractivity contribution is -0.126. The second kappa shape index (κ2) is 7.00. The number of nitrogens with one attached hydrogen (secondary N) is 1. The Balaban J connectivity index is 1.69. The number of nitrogens with zero attached hydrogens (tertiary/aromatic N) is 1. The number of amides is 2. The summed E-state index contributed by atoms with van der Waals surface area (Å²) in [6.45, 7) is 9.25. The lowest BCUT2D eigenvalue weighted by Crippen LogP contribution is -2.52. The summed E-state index contributed by atoms with van der Waals surface area (Å²) in [4.78, 5) is 27.4. The SMILES string of the molecule is CC(C)OCCCNC(=O)[C@H]1N2C(=O)c3ccccc3C2SC1(C)C. The van der Waals surface area contributed by atoms with Crippen LogP contribution < -0.4 is 5.32 Å². The summed E-state index contributed by atoms with van der Waals surface area (Å²) in [5, 5.41) is 2.92. The first-order chi connectivity index (χ1) is 11.8. The number of thioether (sulfide) groups is 1. The molecule has 1 aromatic carbocycles. The molecule has 1 N–H and O–H groups in total. The van der Waals surface area contributed by atoms with E-state index in [1.807, 2.05) is 52.0 Å². The van der Waals surface area contributed by atoms with Crippen molar-refractivity contribution in [2.24, 2.45) is 0 Å². The maximum absolute atomic E-state index is 12.8. The molecule has 2 amide bonds. The topological polar surface area (TPSA) is 58.6 Å². The molecule has 5 nitrogen and oxygen atoms in total. The molecule has 2 atom stereocenters. The summed E-state index contributed by atoms with van der Waals surface area (Å²) in [6, 6.07) is 7.20. The van der Waals surface area contributed by atoms with Gasteiger partial charge in [0.25, 0.3) is 5.91 Å². The second-order valence-electron chi connectivity index (χ2n) is 7.34. The standard InChI is InChI=1S/C19H26N2O3S/c1-12(2)24-11-7-10-20-16(22)15-19(3,4)25-18-14-9-6-5-8-13(14)17(23)21(15)18/h5-6,8-9,12,15,18H,7,10-11H2,1-4H3,(H,20,22)/t15-,18?/m1/s1. The van der Waals surface area contributed by atoms with Crippen molar-refractivity contribution >= 4 is 23.6 Å². The predicted molar refractivity (Wildman–Crippen MR) is 99.5 cm³/mol. The quantitative estimate of drug-likeness (QED) is 0.791. The van der Waals surface area contributed by atoms with Gasteiger partial charge < -0.3 is 15.0 Å². The lowest BCUT2D eigenvalue weighted by Gasteiger charge is -2.29. The summed E-state index contributed by atoms with van der Waals surface area (Å²) in [6.07, 6.45) is 0.962. The van der Waals surface area contributed by atoms with Gasteiger partial charge in [0.05, 0.1) is 6.10 Å². The van der Waals surface area contributed by atoms with Crippen LogP contribution in [0.15, 0.2) is 24.3 Å². The molecular formula is C19H26N2O3S. The van der Waals surface area contributed by atoms with Gasteiger partial charge in [-0.15, -0.1) is 11.8 Å². The molecule has 0 saturated carbocycles. The summed E-state index contributed by atoms with van der Waals surface area (Å²) in [5.74, 6) is -0.118. The van der Waals surface area contributed by atoms with Crippen molar-refractivity contribution in [3.8, 4) is 0 Å². The molecule has 1 aromatic rings. The van der Waals surface area contributed by atoms with Crippen LogP contribution in [0.2, 0.25) is 0 Å². The highest BCUT2D eigenvalue weighted by molar-refractivity contribution is 8.01. The van der Waals surface area contributed by atoms with E-state index in [9.17, 15) is 9.59 Å². The van der Waals surface area contributed by atoms with Crippen LogP contribution in [0.25, 0.3) is 0 Å². The zero-order valence-electron chi connectivity index (χ0n) is 15.2. The fourth-order valence-corrected chi connectivity index (χ4v) is 5.09. The Morgan fingerprint density at radius 1 is 1.36 bits per heavy atom. The number of ether oxygens (including phenoxy) is 1. The van der Waals surface area contributed by atoms with Crippen molar-refractivity contribution in [3.05, 3.63) is 35.4 Å². The molecule has 136 valence electrons. The van der Waals surface area contributed by atoms with E-state index in [0.717, 1.165) is 17.5 Å². The minimum absolute atomic E-state index is 0.0398. The Morgan fingerprint density at radius 3 is 2.80 bits per heavy atom. The third kappa shape index (κ3) is 3.42. The first-order valence-electron chi connectivity index (χ1n) is 8.81. The monoisotopic (exact) mass is 362 g/mol. The van der Waals surface area contributed by atoms with Crippen LogP contribution in [0.1, 0.15) is 55.4 Å². The maximum atomic E-state index is 12.8. The number of fused-ring (bicyclic) bond motifs is 3. The average Bonchev–Trinajstić information content (AvgIpc) is 2.97. The Hall–Kier alpha value is -1.53. The molecule has 0 spiro atoms. The second-order valence-corrected chi connectivity index (χ2v) is 9.07. The summed E-state index contributed by atoms with van der Waals surface area (Å²) >= 11 is 1.69. The molecule has 0 aromatic heterocycles. The minimum Gasteiger partial charge on any atom is -0.379 e. The fourth-order valence-electron chi connectivity index (χ4n) is 3.50. The Bertz CT molecular complexity index is 674. The molecule has 0 bridgehead atoms. The van der Waals surface area contributed by atoms with Crippen molar-refractivity contribution in [1.82, 2.24) is 10.2 Å². The van der Waals surface area contributed by atoms with E-state index in [4.69, 9.17) is 4.74 Å². The van der Waals surface area contributed by atoms with Crippen molar-refractivity contribution in [2.75, 3.05) is 13.2 Å². The molecule has 2 aliphatic heterocycles. The van der Waals surface area contributed by atoms with Crippen molar-refractivity contribution < 1.29 is 14.3 Å². The van der Waals surface area contributed by atoms with Crippen LogP contribution in [0.5, 0.6) is 0 Å². The van der Waals surface area contributed by atoms with Crippen LogP contribution in [-0.2, 0) is 9.53 Å². The highest BCUT2D eigenvalue weighted by Crippen LogP contribution is 2.56. The average molecular weight is 362 g/mol. The number of hydrogen-bond donors (Lipinski definition) is 1. The predicted octanol–water partition coefficient (Wildman–Crippen LogP) is 2.97. The normalized spacial score (nSPS) is 23.7. The Morgan fingerprint density at radius 2 is 2.08 bits per heavy atom. The number of hydrogen-bond acceptors (Lipinski definition) is 4. The van der Waals surface area contributed by atoms with Crippen LogP contribution in [-0.4, -0.2) is 46.8 Å². The van der Waals surface area contributed by atoms with Crippen LogP contribution in [0.4, 0.5) is 0 Å². The molecule has 1 unspecified atom stereocenters. The summed E-state index contributed by atoms with van der Waals surface area (Å²) in [7, 11) is 0. The van der Waals surface area contributed by atoms with Gasteiger partial charge >= 0.3 is 0 Å². The molecule has 2 heterocycles. The third-order valence-corrected chi connectivity index (χ3v) is 6.15. The molecule has 1 fully saturated rings. The van der Waals surface area contributed by atoms with Crippen LogP contribution in [0, 0.1) is 0 Å². The highest BCUT2D eigenvalue weighted by atomic mass is 32.2. The molecule has 25 heavy (non-hydrogen) atoms. The van der Waals surface area contributed by atoms with Crippen molar-refractivity contribution in [2.45, 2.75) is 56.4 Å². The number of rotatable bonds is 6. The molecule has 6 heteroatoms. The van der Waals surface area contributed by atoms with Crippen LogP contribution in [0.3, 0.4) is 0 Å². The number of carbonyl (C=O) groups excluding carboxylic acids is 2. The van der Waals surface area contributed by atoms with Gasteiger partial charge in [-0.05, 0) is 45.7 Å². The van der Waals surface area contributed by atoms with E-state index in [-0.39, 0.29) is 28.0 Å². The largest absolute Gasteiger partial charge is 0.379 e. The van der Waals surface area contributed by atoms with Gasteiger partial charge in [-0.2, -0.15) is 0 Å². The van der Waals surface area contributed by atoms with Gasteiger partial charge in [-0.25, -0.2) is 0 Å². The van der Waals surface area contributed by atoms with E-state index < -0.39 is 6.04 Å². The molecule has 3 rings (SSSR count). The van der Waals surface area contributed by atoms with E-state index >= 15 is 0 Å². The smallest absolute Gasteiger partial charge is 0.256 e. The van der Waals surface area contributed by atoms with E-state index in [0.29, 0.717) is 13.2 Å². The Labute approximate surface area is 153 Å². The first kappa shape index (κ1) is 18.3. The van der Waals surface area contributed by atoms with E-state index in [2.05, 4.69) is 5.32 Å². The zero-order valence-corrected chi connectivity index (χ0v) is 16.1. The van der Waals surface area contributed by atoms with Gasteiger partial charge in [0.1, 0.15) is 11.4 Å². The number of benzene rings is 1. The van der Waals surface area contributed by atoms with Crippen molar-refractivity contribution in [1.29, 1.82) is 0 Å². The maximum Gasteiger partial charge on any atom is 0.256 e. The highest BCUT2D eigenvalue weighted by Gasteiger charge is 2.57. The molecule has 1 saturated heterocycles. The fraction of sp³-hybridized carbons (Fsp3) is 0.579. The Kier molecular flexibility index (Phi) is 5.11. The van der Waals surface area contributed by atoms with Gasteiger partial charge in [-0.3, -0.25) is 9.59 Å². The summed E-state index contributed by atoms with van der Waals surface area (Å²) in [5.41, 5.74) is 1.74. The van der Waals surface area contributed by atoms with Gasteiger partial charge in [0.15, 0.2) is 0 Å². The van der Waals surface area contributed by atoms with E-state index in [1.165, 1.54) is 0 Å². The van der Waals surface area contributed by atoms with Gasteiger partial charge in [0, 0.05) is 23.5 Å². The molecule has 0 aliphatic carbocycles. The molecular weight excluding hydrogens is 336 g/mol. The van der Waals surface area contributed by atoms with E-state index in [1.54, 1.807) is 16.7 Å². The third-order valence-electron chi connectivity index (χ3n) is 4.62. The minimum atomic E-state index is -0.464.